The minimum atomic E-state index is 0.505. The number of anilines is 1. The van der Waals surface area contributed by atoms with Gasteiger partial charge >= 0.3 is 0 Å². The molecule has 1 aliphatic rings. The molecule has 0 unspecified atom stereocenters. The third kappa shape index (κ3) is 4.72. The van der Waals surface area contributed by atoms with Crippen molar-refractivity contribution in [1.82, 2.24) is 9.88 Å². The Bertz CT molecular complexity index is 606. The Balaban J connectivity index is 1.31. The molecule has 0 amide bonds. The molecule has 0 atom stereocenters. The van der Waals surface area contributed by atoms with Crippen LogP contribution >= 0.6 is 11.3 Å². The van der Waals surface area contributed by atoms with Crippen LogP contribution in [0.25, 0.3) is 0 Å². The van der Waals surface area contributed by atoms with Crippen LogP contribution in [0.3, 0.4) is 0 Å². The normalized spacial score (nSPS) is 15.9. The van der Waals surface area contributed by atoms with Gasteiger partial charge in [0.25, 0.3) is 0 Å². The number of thiazole rings is 1. The topological polar surface area (TPSA) is 80.1 Å². The fraction of sp³-hybridized carbons (Fsp3) is 0.500. The smallest absolute Gasteiger partial charge is 0.191 e. The summed E-state index contributed by atoms with van der Waals surface area (Å²) in [6.45, 7) is 5.44. The molecule has 0 aromatic carbocycles. The number of ether oxygens (including phenoxy) is 1. The first-order valence-electron chi connectivity index (χ1n) is 8.12. The lowest BCUT2D eigenvalue weighted by molar-refractivity contribution is 0.105. The molecule has 0 radical (unpaired) electrons. The average Bonchev–Trinajstić information content (AvgIpc) is 3.31. The first kappa shape index (κ1) is 16.8. The molecule has 3 rings (SSSR count). The van der Waals surface area contributed by atoms with E-state index in [2.05, 4.69) is 19.8 Å². The van der Waals surface area contributed by atoms with E-state index < -0.39 is 0 Å². The molecule has 130 valence electrons. The van der Waals surface area contributed by atoms with Gasteiger partial charge < -0.3 is 24.7 Å². The second-order valence-corrected chi connectivity index (χ2v) is 6.39. The van der Waals surface area contributed by atoms with E-state index in [0.29, 0.717) is 25.7 Å². The quantitative estimate of drug-likeness (QED) is 0.466. The van der Waals surface area contributed by atoms with Gasteiger partial charge in [-0.2, -0.15) is 0 Å². The van der Waals surface area contributed by atoms with E-state index >= 15 is 0 Å². The highest BCUT2D eigenvalue weighted by Gasteiger charge is 2.19. The van der Waals surface area contributed by atoms with Crippen LogP contribution < -0.4 is 10.6 Å². The summed E-state index contributed by atoms with van der Waals surface area (Å²) in [5, 5.41) is 3.09. The zero-order valence-electron chi connectivity index (χ0n) is 13.6. The summed E-state index contributed by atoms with van der Waals surface area (Å²) in [6, 6.07) is 3.76. The first-order valence-corrected chi connectivity index (χ1v) is 9.00. The molecule has 0 aliphatic carbocycles. The largest absolute Gasteiger partial charge is 0.467 e. The van der Waals surface area contributed by atoms with Gasteiger partial charge in [-0.3, -0.25) is 4.99 Å². The summed E-state index contributed by atoms with van der Waals surface area (Å²) in [5.74, 6) is 1.47. The SMILES string of the molecule is NC(=NCCCOCc1ccco1)N1CCN(c2nccs2)CC1. The summed E-state index contributed by atoms with van der Waals surface area (Å²) in [7, 11) is 0. The Morgan fingerprint density at radius 3 is 2.96 bits per heavy atom. The average molecular weight is 349 g/mol. The highest BCUT2D eigenvalue weighted by molar-refractivity contribution is 7.13. The van der Waals surface area contributed by atoms with E-state index in [4.69, 9.17) is 14.9 Å². The Morgan fingerprint density at radius 2 is 2.25 bits per heavy atom. The van der Waals surface area contributed by atoms with Crippen LogP contribution in [0.5, 0.6) is 0 Å². The van der Waals surface area contributed by atoms with E-state index in [9.17, 15) is 0 Å². The number of nitrogens with two attached hydrogens (primary N) is 1. The number of hydrogen-bond donors (Lipinski definition) is 1. The highest BCUT2D eigenvalue weighted by atomic mass is 32.1. The van der Waals surface area contributed by atoms with Crippen LogP contribution in [0.2, 0.25) is 0 Å². The van der Waals surface area contributed by atoms with Gasteiger partial charge in [0.1, 0.15) is 12.4 Å². The molecule has 2 aromatic rings. The van der Waals surface area contributed by atoms with Crippen LogP contribution in [0, 0.1) is 0 Å². The van der Waals surface area contributed by atoms with Crippen LogP contribution in [0.1, 0.15) is 12.2 Å². The molecule has 1 aliphatic heterocycles. The lowest BCUT2D eigenvalue weighted by Gasteiger charge is -2.35. The van der Waals surface area contributed by atoms with Gasteiger partial charge in [-0.1, -0.05) is 0 Å². The van der Waals surface area contributed by atoms with Crippen molar-refractivity contribution in [2.75, 3.05) is 44.2 Å². The van der Waals surface area contributed by atoms with Crippen molar-refractivity contribution in [2.45, 2.75) is 13.0 Å². The maximum atomic E-state index is 6.09. The maximum absolute atomic E-state index is 6.09. The maximum Gasteiger partial charge on any atom is 0.191 e. The Morgan fingerprint density at radius 1 is 1.38 bits per heavy atom. The van der Waals surface area contributed by atoms with Crippen LogP contribution in [0.15, 0.2) is 39.4 Å². The molecule has 0 saturated carbocycles. The number of aliphatic imine (C=N–C) groups is 1. The molecule has 2 aromatic heterocycles. The number of furan rings is 1. The van der Waals surface area contributed by atoms with Crippen molar-refractivity contribution in [3.05, 3.63) is 35.7 Å². The van der Waals surface area contributed by atoms with Crippen molar-refractivity contribution in [3.8, 4) is 0 Å². The Kier molecular flexibility index (Phi) is 6.08. The third-order valence-electron chi connectivity index (χ3n) is 3.84. The van der Waals surface area contributed by atoms with Crippen molar-refractivity contribution in [2.24, 2.45) is 10.7 Å². The second-order valence-electron chi connectivity index (χ2n) is 5.51. The van der Waals surface area contributed by atoms with Crippen molar-refractivity contribution in [1.29, 1.82) is 0 Å². The Labute approximate surface area is 145 Å². The highest BCUT2D eigenvalue weighted by Crippen LogP contribution is 2.18. The van der Waals surface area contributed by atoms with Gasteiger partial charge in [0, 0.05) is 50.9 Å². The van der Waals surface area contributed by atoms with E-state index in [0.717, 1.165) is 43.5 Å². The van der Waals surface area contributed by atoms with E-state index in [1.54, 1.807) is 17.6 Å². The molecular formula is C16H23N5O2S. The first-order chi connectivity index (χ1) is 11.8. The Hall–Kier alpha value is -2.06. The summed E-state index contributed by atoms with van der Waals surface area (Å²) in [4.78, 5) is 13.2. The van der Waals surface area contributed by atoms with Crippen LogP contribution in [0.4, 0.5) is 5.13 Å². The van der Waals surface area contributed by atoms with Gasteiger partial charge in [-0.15, -0.1) is 11.3 Å². The summed E-state index contributed by atoms with van der Waals surface area (Å²) >= 11 is 1.67. The van der Waals surface area contributed by atoms with Gasteiger partial charge in [0.05, 0.1) is 6.26 Å². The van der Waals surface area contributed by atoms with Gasteiger partial charge in [-0.25, -0.2) is 4.98 Å². The lowest BCUT2D eigenvalue weighted by atomic mass is 10.3. The fourth-order valence-corrected chi connectivity index (χ4v) is 3.22. The number of aromatic nitrogens is 1. The molecule has 3 heterocycles. The summed E-state index contributed by atoms with van der Waals surface area (Å²) in [5.41, 5.74) is 6.09. The minimum Gasteiger partial charge on any atom is -0.467 e. The predicted octanol–water partition coefficient (Wildman–Crippen LogP) is 1.78. The monoisotopic (exact) mass is 349 g/mol. The molecule has 7 nitrogen and oxygen atoms in total. The number of rotatable bonds is 7. The standard InChI is InChI=1S/C16H23N5O2S/c17-15(18-4-2-10-22-13-14-3-1-11-23-14)20-6-8-21(9-7-20)16-19-5-12-24-16/h1,3,5,11-12H,2,4,6-10,13H2,(H2,17,18). The molecule has 2 N–H and O–H groups in total. The molecule has 8 heteroatoms. The van der Waals surface area contributed by atoms with E-state index in [1.807, 2.05) is 23.7 Å². The number of hydrogen-bond acceptors (Lipinski definition) is 6. The summed E-state index contributed by atoms with van der Waals surface area (Å²) in [6.07, 6.45) is 4.34. The van der Waals surface area contributed by atoms with Crippen LogP contribution in [-0.4, -0.2) is 55.2 Å². The molecule has 1 saturated heterocycles. The zero-order valence-corrected chi connectivity index (χ0v) is 14.5. The van der Waals surface area contributed by atoms with E-state index in [-0.39, 0.29) is 0 Å². The molecule has 0 bridgehead atoms. The van der Waals surface area contributed by atoms with Crippen molar-refractivity contribution >= 4 is 22.4 Å². The van der Waals surface area contributed by atoms with Gasteiger partial charge in [0.2, 0.25) is 0 Å². The minimum absolute atomic E-state index is 0.505. The van der Waals surface area contributed by atoms with Crippen LogP contribution in [-0.2, 0) is 11.3 Å². The zero-order chi connectivity index (χ0) is 16.6. The van der Waals surface area contributed by atoms with Crippen molar-refractivity contribution < 1.29 is 9.15 Å². The number of nitrogens with zero attached hydrogens (tertiary/aromatic N) is 4. The summed E-state index contributed by atoms with van der Waals surface area (Å²) < 4.78 is 10.7. The number of guanidine groups is 1. The molecular weight excluding hydrogens is 326 g/mol. The lowest BCUT2D eigenvalue weighted by Crippen LogP contribution is -2.51. The predicted molar refractivity (Wildman–Crippen MR) is 95.4 cm³/mol. The third-order valence-corrected chi connectivity index (χ3v) is 4.67. The molecule has 0 spiro atoms. The van der Waals surface area contributed by atoms with Crippen molar-refractivity contribution in [3.63, 3.8) is 0 Å². The molecule has 24 heavy (non-hydrogen) atoms. The van der Waals surface area contributed by atoms with Gasteiger partial charge in [-0.05, 0) is 18.6 Å². The van der Waals surface area contributed by atoms with Gasteiger partial charge in [0.15, 0.2) is 11.1 Å². The second kappa shape index (κ2) is 8.70. The number of piperazine rings is 1. The molecule has 1 fully saturated rings. The van der Waals surface area contributed by atoms with E-state index in [1.165, 1.54) is 0 Å². The fourth-order valence-electron chi connectivity index (χ4n) is 2.53.